The Morgan fingerprint density at radius 2 is 1.72 bits per heavy atom. The molecule has 0 aliphatic rings. The summed E-state index contributed by atoms with van der Waals surface area (Å²) in [6.45, 7) is 0. The van der Waals surface area contributed by atoms with Gasteiger partial charge in [-0.15, -0.1) is 0 Å². The molecule has 0 saturated carbocycles. The third-order valence-corrected chi connectivity index (χ3v) is 2.23. The predicted octanol–water partition coefficient (Wildman–Crippen LogP) is -0.755. The smallest absolute Gasteiger partial charge is 0.344 e. The lowest BCUT2D eigenvalue weighted by Crippen LogP contribution is -2.99. The van der Waals surface area contributed by atoms with Gasteiger partial charge in [0.25, 0.3) is 0 Å². The fourth-order valence-corrected chi connectivity index (χ4v) is 1.36. The molecule has 8 nitrogen and oxygen atoms in total. The van der Waals surface area contributed by atoms with Crippen molar-refractivity contribution in [3.05, 3.63) is 28.5 Å². The van der Waals surface area contributed by atoms with E-state index in [-0.39, 0.29) is 22.5 Å². The van der Waals surface area contributed by atoms with Gasteiger partial charge < -0.3 is 20.4 Å². The van der Waals surface area contributed by atoms with Crippen molar-refractivity contribution < 1.29 is 29.5 Å². The maximum atomic E-state index is 11.4. The predicted molar refractivity (Wildman–Crippen MR) is 59.3 cm³/mol. The number of methoxy groups -OCH3 is 2. The Bertz CT molecular complexity index is 486. The molecule has 0 saturated heterocycles. The van der Waals surface area contributed by atoms with E-state index in [1.54, 1.807) is 0 Å². The first-order valence-electron chi connectivity index (χ1n) is 4.75. The number of nitrogen functional groups attached to an aromatic ring is 1. The van der Waals surface area contributed by atoms with Gasteiger partial charge in [0, 0.05) is 6.07 Å². The Hall–Kier alpha value is -2.16. The lowest BCUT2D eigenvalue weighted by molar-refractivity contribution is -0.991. The van der Waals surface area contributed by atoms with Crippen molar-refractivity contribution in [3.8, 4) is 0 Å². The van der Waals surface area contributed by atoms with Crippen LogP contribution in [-0.4, -0.2) is 31.4 Å². The van der Waals surface area contributed by atoms with E-state index >= 15 is 0 Å². The van der Waals surface area contributed by atoms with Crippen LogP contribution in [0.5, 0.6) is 0 Å². The molecule has 18 heavy (non-hydrogen) atoms. The fraction of sp³-hybridized carbons (Fsp3) is 0.200. The minimum atomic E-state index is -1.35. The van der Waals surface area contributed by atoms with E-state index < -0.39 is 17.2 Å². The third kappa shape index (κ3) is 2.56. The molecule has 1 rings (SSSR count). The minimum absolute atomic E-state index is 0.0908. The number of anilines is 1. The molecule has 1 aromatic rings. The van der Waals surface area contributed by atoms with E-state index in [4.69, 9.17) is 10.9 Å². The summed E-state index contributed by atoms with van der Waals surface area (Å²) in [7, 11) is 2.24. The number of carbonyl (C=O) groups is 2. The van der Waals surface area contributed by atoms with Crippen LogP contribution in [0.4, 0.5) is 11.4 Å². The normalized spacial score (nSPS) is 11.8. The Balaban J connectivity index is 3.45. The Morgan fingerprint density at radius 3 is 2.17 bits per heavy atom. The molecule has 0 spiro atoms. The quantitative estimate of drug-likeness (QED) is 0.368. The Kier molecular flexibility index (Phi) is 4.21. The van der Waals surface area contributed by atoms with Crippen molar-refractivity contribution >= 4 is 23.3 Å². The van der Waals surface area contributed by atoms with Crippen molar-refractivity contribution in [1.29, 1.82) is 0 Å². The molecular weight excluding hydrogens is 244 g/mol. The average molecular weight is 256 g/mol. The molecule has 8 heteroatoms. The largest absolute Gasteiger partial charge is 0.595 e. The summed E-state index contributed by atoms with van der Waals surface area (Å²) in [6.07, 6.45) is 0. The molecule has 0 aliphatic carbocycles. The number of esters is 2. The second-order valence-electron chi connectivity index (χ2n) is 3.27. The lowest BCUT2D eigenvalue weighted by Gasteiger charge is -2.16. The number of hydrogen-bond donors (Lipinski definition) is 3. The molecule has 1 atom stereocenters. The fourth-order valence-electron chi connectivity index (χ4n) is 1.36. The van der Waals surface area contributed by atoms with Gasteiger partial charge in [-0.1, -0.05) is 0 Å². The molecule has 0 amide bonds. The van der Waals surface area contributed by atoms with Crippen LogP contribution in [0.15, 0.2) is 12.1 Å². The van der Waals surface area contributed by atoms with Crippen LogP contribution in [0.1, 0.15) is 20.7 Å². The van der Waals surface area contributed by atoms with Gasteiger partial charge in [-0.3, -0.25) is 0 Å². The van der Waals surface area contributed by atoms with Crippen molar-refractivity contribution in [1.82, 2.24) is 0 Å². The van der Waals surface area contributed by atoms with Crippen molar-refractivity contribution in [2.75, 3.05) is 20.0 Å². The molecule has 0 aliphatic heterocycles. The highest BCUT2D eigenvalue weighted by molar-refractivity contribution is 6.01. The number of ether oxygens (including phenoxy) is 2. The lowest BCUT2D eigenvalue weighted by atomic mass is 10.1. The number of benzene rings is 1. The molecule has 0 fully saturated rings. The highest BCUT2D eigenvalue weighted by Gasteiger charge is 2.23. The maximum Gasteiger partial charge on any atom is 0.344 e. The Labute approximate surface area is 102 Å². The first kappa shape index (κ1) is 13.9. The minimum Gasteiger partial charge on any atom is -0.595 e. The molecule has 98 valence electrons. The number of nitrogens with one attached hydrogen (secondary N) is 1. The SMILES string of the molecule is COC(=O)c1cc(C(=O)OC)c([NH+]([O-])O)cc1N. The maximum absolute atomic E-state index is 11.4. The molecule has 0 aromatic heterocycles. The summed E-state index contributed by atoms with van der Waals surface area (Å²) in [5.74, 6) is -1.65. The highest BCUT2D eigenvalue weighted by atomic mass is 16.8. The molecule has 0 bridgehead atoms. The Morgan fingerprint density at radius 1 is 1.22 bits per heavy atom. The van der Waals surface area contributed by atoms with Gasteiger partial charge in [0.2, 0.25) is 0 Å². The first-order valence-corrected chi connectivity index (χ1v) is 4.75. The van der Waals surface area contributed by atoms with Gasteiger partial charge >= 0.3 is 11.9 Å². The molecular formula is C10H12N2O6. The van der Waals surface area contributed by atoms with E-state index in [9.17, 15) is 14.8 Å². The van der Waals surface area contributed by atoms with Crippen LogP contribution in [0, 0.1) is 5.21 Å². The summed E-state index contributed by atoms with van der Waals surface area (Å²) in [5.41, 5.74) is 4.74. The van der Waals surface area contributed by atoms with Gasteiger partial charge in [-0.2, -0.15) is 5.23 Å². The molecule has 1 unspecified atom stereocenters. The van der Waals surface area contributed by atoms with Crippen LogP contribution < -0.4 is 11.0 Å². The van der Waals surface area contributed by atoms with Gasteiger partial charge in [0.05, 0.1) is 25.5 Å². The topological polar surface area (TPSA) is 126 Å². The van der Waals surface area contributed by atoms with E-state index in [1.165, 1.54) is 0 Å². The molecule has 0 radical (unpaired) electrons. The number of quaternary nitrogens is 1. The van der Waals surface area contributed by atoms with E-state index in [2.05, 4.69) is 9.47 Å². The zero-order valence-electron chi connectivity index (χ0n) is 9.72. The van der Waals surface area contributed by atoms with Crippen LogP contribution >= 0.6 is 0 Å². The van der Waals surface area contributed by atoms with E-state index in [1.807, 2.05) is 0 Å². The van der Waals surface area contributed by atoms with Crippen LogP contribution in [-0.2, 0) is 9.47 Å². The molecule has 0 heterocycles. The summed E-state index contributed by atoms with van der Waals surface area (Å²) in [6, 6.07) is 2.05. The zero-order valence-corrected chi connectivity index (χ0v) is 9.72. The van der Waals surface area contributed by atoms with Gasteiger partial charge in [0.1, 0.15) is 5.56 Å². The summed E-state index contributed by atoms with van der Waals surface area (Å²) in [5, 5.41) is 18.6. The van der Waals surface area contributed by atoms with Crippen molar-refractivity contribution in [3.63, 3.8) is 0 Å². The third-order valence-electron chi connectivity index (χ3n) is 2.23. The molecule has 1 aromatic carbocycles. The highest BCUT2D eigenvalue weighted by Crippen LogP contribution is 2.22. The number of nitrogens with two attached hydrogens (primary N) is 1. The van der Waals surface area contributed by atoms with Crippen molar-refractivity contribution in [2.24, 2.45) is 0 Å². The average Bonchev–Trinajstić information content (AvgIpc) is 2.36. The van der Waals surface area contributed by atoms with Gasteiger partial charge in [-0.05, 0) is 6.07 Å². The van der Waals surface area contributed by atoms with E-state index in [0.29, 0.717) is 0 Å². The molecule has 4 N–H and O–H groups in total. The van der Waals surface area contributed by atoms with Crippen LogP contribution in [0.3, 0.4) is 0 Å². The second-order valence-corrected chi connectivity index (χ2v) is 3.27. The van der Waals surface area contributed by atoms with Crippen LogP contribution in [0.2, 0.25) is 0 Å². The van der Waals surface area contributed by atoms with Crippen LogP contribution in [0.25, 0.3) is 0 Å². The number of rotatable bonds is 3. The second kappa shape index (κ2) is 5.45. The summed E-state index contributed by atoms with van der Waals surface area (Å²) in [4.78, 5) is 22.8. The summed E-state index contributed by atoms with van der Waals surface area (Å²) >= 11 is 0. The van der Waals surface area contributed by atoms with Crippen molar-refractivity contribution in [2.45, 2.75) is 0 Å². The zero-order chi connectivity index (χ0) is 13.9. The standard InChI is InChI=1S/C10H12N2O6/c1-17-9(13)5-3-6(10(14)18-2)8(12(15)16)4-7(5)11/h3-4,12,15H,11H2,1-2H3. The summed E-state index contributed by atoms with van der Waals surface area (Å²) < 4.78 is 8.91. The van der Waals surface area contributed by atoms with E-state index in [0.717, 1.165) is 26.4 Å². The monoisotopic (exact) mass is 256 g/mol. The van der Waals surface area contributed by atoms with Gasteiger partial charge in [-0.25, -0.2) is 14.8 Å². The van der Waals surface area contributed by atoms with Gasteiger partial charge in [0.15, 0.2) is 5.69 Å². The number of carbonyl (C=O) groups excluding carboxylic acids is 2. The first-order chi connectivity index (χ1) is 8.42. The number of hydrogen-bond acceptors (Lipinski definition) is 7.